The molecule has 1 fully saturated rings. The molecule has 1 N–H and O–H groups in total. The van der Waals surface area contributed by atoms with Crippen LogP contribution >= 0.6 is 35.6 Å². The molecule has 0 bridgehead atoms. The highest BCUT2D eigenvalue weighted by Crippen LogP contribution is 2.35. The van der Waals surface area contributed by atoms with Crippen molar-refractivity contribution in [2.45, 2.75) is 6.61 Å². The number of ether oxygens (including phenoxy) is 2. The van der Waals surface area contributed by atoms with E-state index in [1.807, 2.05) is 42.5 Å². The highest BCUT2D eigenvalue weighted by atomic mass is 35.5. The first-order chi connectivity index (χ1) is 12.1. The van der Waals surface area contributed by atoms with Gasteiger partial charge in [0.2, 0.25) is 0 Å². The van der Waals surface area contributed by atoms with Crippen molar-refractivity contribution >= 4 is 51.9 Å². The maximum atomic E-state index is 11.9. The van der Waals surface area contributed by atoms with Crippen LogP contribution < -0.4 is 14.8 Å². The van der Waals surface area contributed by atoms with E-state index in [9.17, 15) is 4.79 Å². The maximum absolute atomic E-state index is 11.9. The van der Waals surface area contributed by atoms with E-state index in [2.05, 4.69) is 5.32 Å². The third-order valence-electron chi connectivity index (χ3n) is 3.43. The topological polar surface area (TPSA) is 47.6 Å². The molecule has 0 atom stereocenters. The Morgan fingerprint density at radius 3 is 2.76 bits per heavy atom. The summed E-state index contributed by atoms with van der Waals surface area (Å²) < 4.78 is 11.8. The highest BCUT2D eigenvalue weighted by molar-refractivity contribution is 8.26. The lowest BCUT2D eigenvalue weighted by molar-refractivity contribution is -0.115. The minimum absolute atomic E-state index is 0.210. The number of benzene rings is 2. The molecule has 0 unspecified atom stereocenters. The molecule has 4 nitrogen and oxygen atoms in total. The Labute approximate surface area is 160 Å². The number of nitrogens with one attached hydrogen (secondary N) is 1. The molecule has 3 rings (SSSR count). The van der Waals surface area contributed by atoms with Crippen molar-refractivity contribution in [3.05, 3.63) is 63.5 Å². The van der Waals surface area contributed by atoms with Gasteiger partial charge >= 0.3 is 0 Å². The van der Waals surface area contributed by atoms with Gasteiger partial charge in [-0.1, -0.05) is 59.8 Å². The van der Waals surface area contributed by atoms with Crippen LogP contribution in [0, 0.1) is 0 Å². The van der Waals surface area contributed by atoms with Crippen molar-refractivity contribution < 1.29 is 14.3 Å². The lowest BCUT2D eigenvalue weighted by Gasteiger charge is -2.14. The van der Waals surface area contributed by atoms with Crippen LogP contribution in [0.3, 0.4) is 0 Å². The fourth-order valence-electron chi connectivity index (χ4n) is 2.31. The van der Waals surface area contributed by atoms with Gasteiger partial charge in [0.15, 0.2) is 11.5 Å². The van der Waals surface area contributed by atoms with E-state index < -0.39 is 0 Å². The molecule has 0 aromatic heterocycles. The standard InChI is InChI=1S/C18H14ClNO3S2/c1-22-14-7-3-5-12(9-15-17(21)20-18(24)25-15)16(14)23-10-11-4-2-6-13(19)8-11/h2-9H,10H2,1H3,(H,20,21,24)/b15-9-. The van der Waals surface area contributed by atoms with Crippen molar-refractivity contribution in [2.24, 2.45) is 0 Å². The van der Waals surface area contributed by atoms with E-state index in [1.165, 1.54) is 11.8 Å². The summed E-state index contributed by atoms with van der Waals surface area (Å²) in [6.07, 6.45) is 1.75. The zero-order valence-electron chi connectivity index (χ0n) is 13.2. The molecule has 0 spiro atoms. The number of thioether (sulfide) groups is 1. The van der Waals surface area contributed by atoms with E-state index in [-0.39, 0.29) is 5.91 Å². The Morgan fingerprint density at radius 2 is 2.08 bits per heavy atom. The number of para-hydroxylation sites is 1. The number of halogens is 1. The predicted molar refractivity (Wildman–Crippen MR) is 105 cm³/mol. The average molecular weight is 392 g/mol. The SMILES string of the molecule is COc1cccc(/C=C2\SC(=S)NC2=O)c1OCc1cccc(Cl)c1. The molecule has 0 radical (unpaired) electrons. The highest BCUT2D eigenvalue weighted by Gasteiger charge is 2.23. The molecule has 1 saturated heterocycles. The van der Waals surface area contributed by atoms with Crippen LogP contribution in [-0.4, -0.2) is 17.3 Å². The van der Waals surface area contributed by atoms with E-state index in [4.69, 9.17) is 33.3 Å². The summed E-state index contributed by atoms with van der Waals surface area (Å²) in [5.74, 6) is 0.935. The molecule has 0 aliphatic carbocycles. The second-order valence-electron chi connectivity index (χ2n) is 5.15. The summed E-state index contributed by atoms with van der Waals surface area (Å²) in [7, 11) is 1.57. The number of methoxy groups -OCH3 is 1. The minimum atomic E-state index is -0.210. The maximum Gasteiger partial charge on any atom is 0.263 e. The molecule has 2 aromatic rings. The van der Waals surface area contributed by atoms with Crippen LogP contribution in [-0.2, 0) is 11.4 Å². The predicted octanol–water partition coefficient (Wildman–Crippen LogP) is 4.42. The molecule has 2 aromatic carbocycles. The van der Waals surface area contributed by atoms with Crippen molar-refractivity contribution in [1.82, 2.24) is 5.32 Å². The quantitative estimate of drug-likeness (QED) is 0.604. The van der Waals surface area contributed by atoms with E-state index in [0.717, 1.165) is 11.1 Å². The van der Waals surface area contributed by atoms with Crippen LogP contribution in [0.15, 0.2) is 47.4 Å². The molecule has 1 aliphatic heterocycles. The van der Waals surface area contributed by atoms with Crippen molar-refractivity contribution in [3.63, 3.8) is 0 Å². The second-order valence-corrected chi connectivity index (χ2v) is 7.30. The molecular formula is C18H14ClNO3S2. The Bertz CT molecular complexity index is 867. The largest absolute Gasteiger partial charge is 0.493 e. The van der Waals surface area contributed by atoms with Gasteiger partial charge < -0.3 is 14.8 Å². The second kappa shape index (κ2) is 7.91. The number of thiocarbonyl (C=S) groups is 1. The molecule has 1 aliphatic rings. The van der Waals surface area contributed by atoms with Crippen LogP contribution in [0.4, 0.5) is 0 Å². The Balaban J connectivity index is 1.90. The average Bonchev–Trinajstić information content (AvgIpc) is 2.90. The van der Waals surface area contributed by atoms with Gasteiger partial charge in [0.1, 0.15) is 10.9 Å². The number of carbonyl (C=O) groups is 1. The molecule has 1 amide bonds. The van der Waals surface area contributed by atoms with Crippen LogP contribution in [0.1, 0.15) is 11.1 Å². The first-order valence-electron chi connectivity index (χ1n) is 7.36. The van der Waals surface area contributed by atoms with Crippen LogP contribution in [0.25, 0.3) is 6.08 Å². The van der Waals surface area contributed by atoms with Crippen molar-refractivity contribution in [3.8, 4) is 11.5 Å². The lowest BCUT2D eigenvalue weighted by Crippen LogP contribution is -2.17. The summed E-state index contributed by atoms with van der Waals surface area (Å²) in [5.41, 5.74) is 1.68. The van der Waals surface area contributed by atoms with Gasteiger partial charge in [-0.25, -0.2) is 0 Å². The summed E-state index contributed by atoms with van der Waals surface area (Å²) in [5, 5.41) is 3.25. The van der Waals surface area contributed by atoms with Crippen LogP contribution in [0.2, 0.25) is 5.02 Å². The zero-order valence-corrected chi connectivity index (χ0v) is 15.6. The molecule has 0 saturated carbocycles. The third kappa shape index (κ3) is 4.34. The number of hydrogen-bond donors (Lipinski definition) is 1. The van der Waals surface area contributed by atoms with Gasteiger partial charge in [-0.3, -0.25) is 4.79 Å². The van der Waals surface area contributed by atoms with Crippen LogP contribution in [0.5, 0.6) is 11.5 Å². The third-order valence-corrected chi connectivity index (χ3v) is 4.83. The normalized spacial score (nSPS) is 15.4. The minimum Gasteiger partial charge on any atom is -0.493 e. The fraction of sp³-hybridized carbons (Fsp3) is 0.111. The summed E-state index contributed by atoms with van der Waals surface area (Å²) >= 11 is 12.3. The summed E-state index contributed by atoms with van der Waals surface area (Å²) in [6, 6.07) is 13.0. The van der Waals surface area contributed by atoms with Gasteiger partial charge in [0.05, 0.1) is 12.0 Å². The van der Waals surface area contributed by atoms with Gasteiger partial charge in [-0.2, -0.15) is 0 Å². The summed E-state index contributed by atoms with van der Waals surface area (Å²) in [6.45, 7) is 0.328. The van der Waals surface area contributed by atoms with Gasteiger partial charge in [-0.05, 0) is 29.8 Å². The Kier molecular flexibility index (Phi) is 5.63. The first-order valence-corrected chi connectivity index (χ1v) is 8.96. The van der Waals surface area contributed by atoms with Crippen molar-refractivity contribution in [1.29, 1.82) is 0 Å². The smallest absolute Gasteiger partial charge is 0.263 e. The number of rotatable bonds is 5. The van der Waals surface area contributed by atoms with E-state index >= 15 is 0 Å². The van der Waals surface area contributed by atoms with Crippen molar-refractivity contribution in [2.75, 3.05) is 7.11 Å². The van der Waals surface area contributed by atoms with E-state index in [1.54, 1.807) is 13.2 Å². The van der Waals surface area contributed by atoms with Gasteiger partial charge in [0, 0.05) is 10.6 Å². The zero-order chi connectivity index (χ0) is 17.8. The molecule has 7 heteroatoms. The molecule has 25 heavy (non-hydrogen) atoms. The van der Waals surface area contributed by atoms with Gasteiger partial charge in [0.25, 0.3) is 5.91 Å². The molecular weight excluding hydrogens is 378 g/mol. The first kappa shape index (κ1) is 17.8. The monoisotopic (exact) mass is 391 g/mol. The Hall–Kier alpha value is -2.02. The molecule has 128 valence electrons. The Morgan fingerprint density at radius 1 is 1.28 bits per heavy atom. The fourth-order valence-corrected chi connectivity index (χ4v) is 3.55. The van der Waals surface area contributed by atoms with Gasteiger partial charge in [-0.15, -0.1) is 0 Å². The molecule has 1 heterocycles. The summed E-state index contributed by atoms with van der Waals surface area (Å²) in [4.78, 5) is 12.4. The number of amides is 1. The van der Waals surface area contributed by atoms with E-state index in [0.29, 0.717) is 32.4 Å². The lowest BCUT2D eigenvalue weighted by atomic mass is 10.1. The number of carbonyl (C=O) groups excluding carboxylic acids is 1. The number of hydrogen-bond acceptors (Lipinski definition) is 5.